The van der Waals surface area contributed by atoms with Gasteiger partial charge in [-0.3, -0.25) is 14.6 Å². The largest absolute Gasteiger partial charge is 0.478 e. The fourth-order valence-electron chi connectivity index (χ4n) is 6.03. The summed E-state index contributed by atoms with van der Waals surface area (Å²) in [6.07, 6.45) is 8.98. The van der Waals surface area contributed by atoms with Crippen molar-refractivity contribution in [3.8, 4) is 11.5 Å². The lowest BCUT2D eigenvalue weighted by atomic mass is 9.82. The van der Waals surface area contributed by atoms with E-state index in [2.05, 4.69) is 34.5 Å². The second kappa shape index (κ2) is 13.0. The van der Waals surface area contributed by atoms with Gasteiger partial charge in [0.1, 0.15) is 11.5 Å². The van der Waals surface area contributed by atoms with Gasteiger partial charge < -0.3 is 14.9 Å². The summed E-state index contributed by atoms with van der Waals surface area (Å²) in [4.78, 5) is 26.3. The van der Waals surface area contributed by atoms with Crippen LogP contribution in [-0.4, -0.2) is 63.3 Å². The lowest BCUT2D eigenvalue weighted by Gasteiger charge is -2.52. The van der Waals surface area contributed by atoms with Crippen molar-refractivity contribution in [2.75, 3.05) is 19.6 Å². The number of nitrogens with one attached hydrogen (secondary N) is 1. The summed E-state index contributed by atoms with van der Waals surface area (Å²) >= 11 is 0. The van der Waals surface area contributed by atoms with Crippen molar-refractivity contribution in [1.82, 2.24) is 15.4 Å². The highest BCUT2D eigenvalue weighted by molar-refractivity contribution is 5.87. The SMILES string of the molecule is CCCCN1O[C@H](CC2(O)CCCCC2)NOC12CCN(Cc1ccc(Oc3ccc(C(=O)O)cc3)cc1)CC2. The molecule has 2 heterocycles. The summed E-state index contributed by atoms with van der Waals surface area (Å²) < 4.78 is 5.87. The van der Waals surface area contributed by atoms with Gasteiger partial charge in [-0.2, -0.15) is 10.5 Å². The minimum absolute atomic E-state index is 0.235. The van der Waals surface area contributed by atoms with E-state index in [4.69, 9.17) is 19.5 Å². The van der Waals surface area contributed by atoms with Gasteiger partial charge in [0.2, 0.25) is 0 Å². The van der Waals surface area contributed by atoms with Crippen molar-refractivity contribution in [3.63, 3.8) is 0 Å². The Balaban J connectivity index is 1.13. The number of carboxylic acids is 1. The molecule has 1 spiro atoms. The molecule has 2 aromatic carbocycles. The summed E-state index contributed by atoms with van der Waals surface area (Å²) in [6.45, 7) is 5.61. The number of aromatic carboxylic acids is 1. The molecule has 1 aliphatic carbocycles. The zero-order valence-corrected chi connectivity index (χ0v) is 23.5. The molecule has 5 rings (SSSR count). The summed E-state index contributed by atoms with van der Waals surface area (Å²) in [6, 6.07) is 14.4. The highest BCUT2D eigenvalue weighted by atomic mass is 16.8. The average Bonchev–Trinajstić information content (AvgIpc) is 2.96. The summed E-state index contributed by atoms with van der Waals surface area (Å²) in [5, 5.41) is 22.2. The zero-order chi connectivity index (χ0) is 28.0. The number of nitrogens with zero attached hydrogens (tertiary/aromatic N) is 2. The number of aliphatic hydroxyl groups is 1. The molecule has 3 aliphatic rings. The molecule has 0 unspecified atom stereocenters. The number of ether oxygens (including phenoxy) is 1. The van der Waals surface area contributed by atoms with E-state index in [9.17, 15) is 9.90 Å². The molecule has 0 radical (unpaired) electrons. The third-order valence-electron chi connectivity index (χ3n) is 8.46. The number of hydrogen-bond donors (Lipinski definition) is 3. The van der Waals surface area contributed by atoms with Gasteiger partial charge >= 0.3 is 5.97 Å². The normalized spacial score (nSPS) is 23.2. The second-order valence-electron chi connectivity index (χ2n) is 11.6. The Morgan fingerprint density at radius 2 is 1.65 bits per heavy atom. The van der Waals surface area contributed by atoms with Crippen LogP contribution in [0.4, 0.5) is 0 Å². The molecule has 2 saturated heterocycles. The van der Waals surface area contributed by atoms with E-state index in [1.807, 2.05) is 12.1 Å². The predicted molar refractivity (Wildman–Crippen MR) is 151 cm³/mol. The van der Waals surface area contributed by atoms with Crippen molar-refractivity contribution >= 4 is 5.97 Å². The Hall–Kier alpha value is -2.53. The quantitative estimate of drug-likeness (QED) is 0.354. The number of unbranched alkanes of at least 4 members (excludes halogenated alkanes) is 1. The van der Waals surface area contributed by atoms with Gasteiger partial charge in [-0.15, -0.1) is 0 Å². The van der Waals surface area contributed by atoms with Crippen LogP contribution in [0.2, 0.25) is 0 Å². The number of likely N-dealkylation sites (tertiary alicyclic amines) is 1. The Bertz CT molecular complexity index is 1100. The van der Waals surface area contributed by atoms with Crippen molar-refractivity contribution in [2.45, 2.75) is 95.2 Å². The fraction of sp³-hybridized carbons (Fsp3) is 0.581. The number of piperidine rings is 1. The van der Waals surface area contributed by atoms with Crippen LogP contribution in [-0.2, 0) is 16.2 Å². The Morgan fingerprint density at radius 3 is 2.27 bits per heavy atom. The Morgan fingerprint density at radius 1 is 1.00 bits per heavy atom. The smallest absolute Gasteiger partial charge is 0.335 e. The maximum atomic E-state index is 11.1. The number of hydroxylamine groups is 3. The van der Waals surface area contributed by atoms with E-state index < -0.39 is 17.3 Å². The van der Waals surface area contributed by atoms with E-state index in [0.29, 0.717) is 17.9 Å². The molecule has 0 amide bonds. The molecule has 0 aromatic heterocycles. The van der Waals surface area contributed by atoms with Gasteiger partial charge in [-0.05, 0) is 61.2 Å². The van der Waals surface area contributed by atoms with Crippen molar-refractivity contribution in [2.24, 2.45) is 0 Å². The topological polar surface area (TPSA) is 104 Å². The molecule has 218 valence electrons. The lowest BCUT2D eigenvalue weighted by molar-refractivity contribution is -0.423. The maximum Gasteiger partial charge on any atom is 0.335 e. The van der Waals surface area contributed by atoms with E-state index in [1.54, 1.807) is 12.1 Å². The predicted octanol–water partition coefficient (Wildman–Crippen LogP) is 5.45. The third kappa shape index (κ3) is 7.21. The number of hydrogen-bond acceptors (Lipinski definition) is 8. The number of rotatable bonds is 10. The standard InChI is InChI=1S/C31H43N3O6/c1-2-3-19-34-31(40-32-28(39-34)22-30(37)15-5-4-6-16-30)17-20-33(21-18-31)23-24-7-11-26(12-8-24)38-27-13-9-25(10-14-27)29(35)36/h7-14,28,32,37H,2-6,15-23H2,1H3,(H,35,36)/t28-/m1/s1. The van der Waals surface area contributed by atoms with Crippen LogP contribution in [0.1, 0.15) is 87.1 Å². The monoisotopic (exact) mass is 553 g/mol. The van der Waals surface area contributed by atoms with Crippen LogP contribution in [0.15, 0.2) is 48.5 Å². The summed E-state index contributed by atoms with van der Waals surface area (Å²) in [5.74, 6) is 0.359. The minimum Gasteiger partial charge on any atom is -0.478 e. The highest BCUT2D eigenvalue weighted by Gasteiger charge is 2.48. The fourth-order valence-corrected chi connectivity index (χ4v) is 6.03. The van der Waals surface area contributed by atoms with Crippen molar-refractivity contribution < 1.29 is 29.4 Å². The van der Waals surface area contributed by atoms with Gasteiger partial charge in [0.15, 0.2) is 12.0 Å². The molecule has 3 fully saturated rings. The van der Waals surface area contributed by atoms with Crippen LogP contribution in [0.25, 0.3) is 0 Å². The maximum absolute atomic E-state index is 11.1. The van der Waals surface area contributed by atoms with Crippen molar-refractivity contribution in [1.29, 1.82) is 0 Å². The van der Waals surface area contributed by atoms with Gasteiger partial charge in [-0.25, -0.2) is 4.79 Å². The first-order valence-electron chi connectivity index (χ1n) is 14.8. The molecule has 3 N–H and O–H groups in total. The third-order valence-corrected chi connectivity index (χ3v) is 8.46. The van der Waals surface area contributed by atoms with Gasteiger partial charge in [0, 0.05) is 45.4 Å². The van der Waals surface area contributed by atoms with Crippen LogP contribution in [0, 0.1) is 0 Å². The van der Waals surface area contributed by atoms with Crippen LogP contribution >= 0.6 is 0 Å². The zero-order valence-electron chi connectivity index (χ0n) is 23.5. The van der Waals surface area contributed by atoms with Gasteiger partial charge in [0.25, 0.3) is 0 Å². The first kappa shape index (κ1) is 29.0. The molecule has 40 heavy (non-hydrogen) atoms. The van der Waals surface area contributed by atoms with Crippen LogP contribution in [0.5, 0.6) is 11.5 Å². The van der Waals surface area contributed by atoms with E-state index in [0.717, 1.165) is 77.5 Å². The molecular weight excluding hydrogens is 510 g/mol. The summed E-state index contributed by atoms with van der Waals surface area (Å²) in [5.41, 5.74) is 3.44. The van der Waals surface area contributed by atoms with E-state index >= 15 is 0 Å². The summed E-state index contributed by atoms with van der Waals surface area (Å²) in [7, 11) is 0. The van der Waals surface area contributed by atoms with Gasteiger partial charge in [0.05, 0.1) is 11.2 Å². The van der Waals surface area contributed by atoms with E-state index in [1.165, 1.54) is 24.1 Å². The Kier molecular flexibility index (Phi) is 9.40. The molecular formula is C31H43N3O6. The molecule has 9 nitrogen and oxygen atoms in total. The molecule has 2 aliphatic heterocycles. The molecule has 1 saturated carbocycles. The second-order valence-corrected chi connectivity index (χ2v) is 11.6. The number of carboxylic acid groups (broad SMARTS) is 1. The highest BCUT2D eigenvalue weighted by Crippen LogP contribution is 2.37. The number of benzene rings is 2. The molecule has 9 heteroatoms. The van der Waals surface area contributed by atoms with Crippen LogP contribution < -0.4 is 10.2 Å². The Labute approximate surface area is 236 Å². The number of carbonyl (C=O) groups is 1. The molecule has 2 aromatic rings. The lowest BCUT2D eigenvalue weighted by Crippen LogP contribution is -2.66. The minimum atomic E-state index is -0.953. The van der Waals surface area contributed by atoms with Gasteiger partial charge in [-0.1, -0.05) is 44.7 Å². The molecule has 1 atom stereocenters. The first-order valence-corrected chi connectivity index (χ1v) is 14.8. The first-order chi connectivity index (χ1) is 19.4. The average molecular weight is 554 g/mol. The van der Waals surface area contributed by atoms with E-state index in [-0.39, 0.29) is 11.8 Å². The van der Waals surface area contributed by atoms with Crippen LogP contribution in [0.3, 0.4) is 0 Å². The molecule has 0 bridgehead atoms. The van der Waals surface area contributed by atoms with Crippen molar-refractivity contribution in [3.05, 3.63) is 59.7 Å².